The van der Waals surface area contributed by atoms with E-state index in [1.807, 2.05) is 38.4 Å². The van der Waals surface area contributed by atoms with Crippen molar-refractivity contribution in [2.45, 2.75) is 12.3 Å². The zero-order valence-electron chi connectivity index (χ0n) is 17.3. The van der Waals surface area contributed by atoms with Crippen LogP contribution in [0, 0.1) is 11.3 Å². The van der Waals surface area contributed by atoms with E-state index in [-0.39, 0.29) is 18.2 Å². The van der Waals surface area contributed by atoms with E-state index in [0.717, 1.165) is 27.7 Å². The molecule has 0 unspecified atom stereocenters. The van der Waals surface area contributed by atoms with Gasteiger partial charge in [-0.2, -0.15) is 5.26 Å². The zero-order valence-corrected chi connectivity index (χ0v) is 18.1. The Hall–Kier alpha value is -3.11. The molecular formula is C23H24N4O2S. The monoisotopic (exact) mass is 420 g/mol. The van der Waals surface area contributed by atoms with Crippen LogP contribution in [0.5, 0.6) is 5.75 Å². The van der Waals surface area contributed by atoms with Crippen molar-refractivity contribution < 1.29 is 9.53 Å². The largest absolute Gasteiger partial charge is 0.497 e. The summed E-state index contributed by atoms with van der Waals surface area (Å²) in [6.45, 7) is 0.457. The number of fused-ring (bicyclic) bond motifs is 1. The van der Waals surface area contributed by atoms with Gasteiger partial charge >= 0.3 is 0 Å². The van der Waals surface area contributed by atoms with Gasteiger partial charge in [-0.25, -0.2) is 0 Å². The maximum absolute atomic E-state index is 13.1. The molecule has 1 saturated heterocycles. The van der Waals surface area contributed by atoms with Crippen LogP contribution in [0.2, 0.25) is 0 Å². The molecule has 0 saturated carbocycles. The van der Waals surface area contributed by atoms with E-state index in [1.165, 1.54) is 0 Å². The average Bonchev–Trinajstić information content (AvgIpc) is 2.79. The zero-order chi connectivity index (χ0) is 21.3. The topological polar surface area (TPSA) is 59.8 Å². The van der Waals surface area contributed by atoms with Gasteiger partial charge in [-0.1, -0.05) is 23.9 Å². The number of carbonyl (C=O) groups excluding carboxylic acids is 1. The average molecular weight is 421 g/mol. The maximum atomic E-state index is 13.1. The van der Waals surface area contributed by atoms with Gasteiger partial charge in [-0.15, -0.1) is 0 Å². The molecule has 2 aliphatic heterocycles. The van der Waals surface area contributed by atoms with Crippen molar-refractivity contribution in [1.29, 1.82) is 5.26 Å². The molecule has 1 fully saturated rings. The Balaban J connectivity index is 1.62. The quantitative estimate of drug-likeness (QED) is 0.746. The predicted molar refractivity (Wildman–Crippen MR) is 120 cm³/mol. The highest BCUT2D eigenvalue weighted by Gasteiger charge is 2.38. The normalized spacial score (nSPS) is 18.7. The van der Waals surface area contributed by atoms with E-state index in [9.17, 15) is 10.1 Å². The van der Waals surface area contributed by atoms with Gasteiger partial charge in [0, 0.05) is 37.8 Å². The first-order chi connectivity index (χ1) is 14.5. The van der Waals surface area contributed by atoms with Gasteiger partial charge in [0.05, 0.1) is 36.3 Å². The number of carbonyl (C=O) groups is 1. The minimum atomic E-state index is -0.234. The molecule has 0 spiro atoms. The molecule has 0 aromatic heterocycles. The number of anilines is 2. The number of thioether (sulfide) groups is 1. The fourth-order valence-electron chi connectivity index (χ4n) is 3.83. The third-order valence-electron chi connectivity index (χ3n) is 5.52. The van der Waals surface area contributed by atoms with Crippen molar-refractivity contribution in [3.05, 3.63) is 64.7 Å². The molecular weight excluding hydrogens is 396 g/mol. The van der Waals surface area contributed by atoms with Crippen LogP contribution in [-0.2, 0) is 4.79 Å². The van der Waals surface area contributed by atoms with Crippen LogP contribution in [0.25, 0.3) is 0 Å². The first-order valence-electron chi connectivity index (χ1n) is 9.75. The summed E-state index contributed by atoms with van der Waals surface area (Å²) in [5.41, 5.74) is 3.79. The van der Waals surface area contributed by atoms with Gasteiger partial charge in [-0.05, 0) is 42.0 Å². The van der Waals surface area contributed by atoms with E-state index in [4.69, 9.17) is 4.74 Å². The Morgan fingerprint density at radius 1 is 1.20 bits per heavy atom. The van der Waals surface area contributed by atoms with Crippen molar-refractivity contribution in [1.82, 2.24) is 4.90 Å². The molecule has 7 heteroatoms. The standard InChI is InChI=1S/C23H24N4O2S/c1-25(2)17-7-9-18(10-8-17)26-14-27-22(28)12-20(21(13-24)23(27)30-15-26)16-5-4-6-19(11-16)29-3/h4-11,20H,12,14-15H2,1-3H3/t20-/m1/s1. The van der Waals surface area contributed by atoms with E-state index in [1.54, 1.807) is 23.8 Å². The van der Waals surface area contributed by atoms with E-state index in [2.05, 4.69) is 40.1 Å². The minimum absolute atomic E-state index is 0.0407. The predicted octanol–water partition coefficient (Wildman–Crippen LogP) is 3.98. The number of benzene rings is 2. The number of nitriles is 1. The Morgan fingerprint density at radius 2 is 1.97 bits per heavy atom. The second kappa shape index (κ2) is 8.33. The molecule has 0 bridgehead atoms. The molecule has 0 aliphatic carbocycles. The minimum Gasteiger partial charge on any atom is -0.497 e. The van der Waals surface area contributed by atoms with E-state index < -0.39 is 0 Å². The summed E-state index contributed by atoms with van der Waals surface area (Å²) in [5.74, 6) is 1.23. The molecule has 0 N–H and O–H groups in total. The molecule has 1 atom stereocenters. The first-order valence-corrected chi connectivity index (χ1v) is 10.7. The number of amides is 1. The molecule has 2 aromatic rings. The lowest BCUT2D eigenvalue weighted by atomic mass is 9.86. The number of allylic oxidation sites excluding steroid dienone is 1. The number of hydrogen-bond donors (Lipinski definition) is 0. The SMILES string of the molecule is COc1cccc([C@H]2CC(=O)N3CN(c4ccc(N(C)C)cc4)CSC3=C2C#N)c1. The van der Waals surface area contributed by atoms with Gasteiger partial charge in [0.25, 0.3) is 0 Å². The number of rotatable bonds is 4. The fraction of sp³-hybridized carbons (Fsp3) is 0.304. The summed E-state index contributed by atoms with van der Waals surface area (Å²) in [7, 11) is 5.64. The van der Waals surface area contributed by atoms with Crippen LogP contribution in [0.15, 0.2) is 59.1 Å². The molecule has 4 rings (SSSR count). The van der Waals surface area contributed by atoms with E-state index in [0.29, 0.717) is 18.1 Å². The Kier molecular flexibility index (Phi) is 5.60. The van der Waals surface area contributed by atoms with Crippen LogP contribution in [-0.4, -0.2) is 44.6 Å². The molecule has 2 aliphatic rings. The van der Waals surface area contributed by atoms with Crippen LogP contribution < -0.4 is 14.5 Å². The lowest BCUT2D eigenvalue weighted by Gasteiger charge is -2.42. The highest BCUT2D eigenvalue weighted by molar-refractivity contribution is 8.03. The molecule has 6 nitrogen and oxygen atoms in total. The second-order valence-corrected chi connectivity index (χ2v) is 8.48. The summed E-state index contributed by atoms with van der Waals surface area (Å²) in [4.78, 5) is 19.0. The van der Waals surface area contributed by atoms with E-state index >= 15 is 0 Å². The van der Waals surface area contributed by atoms with Crippen molar-refractivity contribution >= 4 is 29.0 Å². The summed E-state index contributed by atoms with van der Waals surface area (Å²) in [6.07, 6.45) is 0.285. The molecule has 0 radical (unpaired) electrons. The molecule has 30 heavy (non-hydrogen) atoms. The van der Waals surface area contributed by atoms with Crippen molar-refractivity contribution in [2.24, 2.45) is 0 Å². The van der Waals surface area contributed by atoms with Gasteiger partial charge in [0.2, 0.25) is 5.91 Å². The third-order valence-corrected chi connectivity index (χ3v) is 6.68. The van der Waals surface area contributed by atoms with Crippen LogP contribution >= 0.6 is 11.8 Å². The lowest BCUT2D eigenvalue weighted by Crippen LogP contribution is -2.47. The number of hydrogen-bond acceptors (Lipinski definition) is 6. The van der Waals surface area contributed by atoms with Crippen LogP contribution in [0.1, 0.15) is 17.9 Å². The number of methoxy groups -OCH3 is 1. The Labute approximate surface area is 181 Å². The molecule has 154 valence electrons. The van der Waals surface area contributed by atoms with Crippen molar-refractivity contribution in [2.75, 3.05) is 43.6 Å². The smallest absolute Gasteiger partial charge is 0.229 e. The van der Waals surface area contributed by atoms with Crippen molar-refractivity contribution in [3.63, 3.8) is 0 Å². The lowest BCUT2D eigenvalue weighted by molar-refractivity contribution is -0.129. The van der Waals surface area contributed by atoms with Gasteiger partial charge in [0.1, 0.15) is 5.75 Å². The Morgan fingerprint density at radius 3 is 2.63 bits per heavy atom. The Bertz CT molecular complexity index is 1030. The first kappa shape index (κ1) is 20.2. The maximum Gasteiger partial charge on any atom is 0.229 e. The highest BCUT2D eigenvalue weighted by Crippen LogP contribution is 2.43. The molecule has 1 amide bonds. The van der Waals surface area contributed by atoms with Gasteiger partial charge in [-0.3, -0.25) is 9.69 Å². The van der Waals surface area contributed by atoms with Crippen LogP contribution in [0.4, 0.5) is 11.4 Å². The summed E-state index contributed by atoms with van der Waals surface area (Å²) < 4.78 is 5.32. The molecule has 2 heterocycles. The highest BCUT2D eigenvalue weighted by atomic mass is 32.2. The number of ether oxygens (including phenoxy) is 1. The third kappa shape index (κ3) is 3.71. The number of nitrogens with zero attached hydrogens (tertiary/aromatic N) is 4. The summed E-state index contributed by atoms with van der Waals surface area (Å²) in [5, 5.41) is 10.7. The summed E-state index contributed by atoms with van der Waals surface area (Å²) in [6, 6.07) is 18.3. The van der Waals surface area contributed by atoms with Crippen molar-refractivity contribution in [3.8, 4) is 11.8 Å². The van der Waals surface area contributed by atoms with Crippen LogP contribution in [0.3, 0.4) is 0 Å². The molecule has 2 aromatic carbocycles. The fourth-order valence-corrected chi connectivity index (χ4v) is 5.00. The summed E-state index contributed by atoms with van der Waals surface area (Å²) >= 11 is 1.55. The van der Waals surface area contributed by atoms with Gasteiger partial charge in [0.15, 0.2) is 0 Å². The second-order valence-electron chi connectivity index (χ2n) is 7.55. The van der Waals surface area contributed by atoms with Gasteiger partial charge < -0.3 is 14.5 Å².